The molecule has 1 aliphatic heterocycles. The topological polar surface area (TPSA) is 71.2 Å². The monoisotopic (exact) mass is 285 g/mol. The van der Waals surface area contributed by atoms with E-state index in [2.05, 4.69) is 15.5 Å². The molecule has 1 aromatic carbocycles. The van der Waals surface area contributed by atoms with Gasteiger partial charge in [0.05, 0.1) is 12.1 Å². The SMILES string of the molecule is OC1CN[C@H](c2nc(-c3cc(F)c(F)c(F)c3)no2)C1. The van der Waals surface area contributed by atoms with Gasteiger partial charge in [-0.25, -0.2) is 13.2 Å². The number of aliphatic hydroxyl groups excluding tert-OH is 1. The first-order valence-corrected chi connectivity index (χ1v) is 5.94. The van der Waals surface area contributed by atoms with E-state index in [1.165, 1.54) is 0 Å². The van der Waals surface area contributed by atoms with Gasteiger partial charge >= 0.3 is 0 Å². The van der Waals surface area contributed by atoms with E-state index in [4.69, 9.17) is 4.52 Å². The van der Waals surface area contributed by atoms with E-state index >= 15 is 0 Å². The highest BCUT2D eigenvalue weighted by atomic mass is 19.2. The normalized spacial score (nSPS) is 22.4. The lowest BCUT2D eigenvalue weighted by molar-refractivity contribution is 0.191. The van der Waals surface area contributed by atoms with Crippen LogP contribution in [0.15, 0.2) is 16.7 Å². The molecular weight excluding hydrogens is 275 g/mol. The molecule has 0 radical (unpaired) electrons. The zero-order valence-electron chi connectivity index (χ0n) is 10.1. The number of benzene rings is 1. The largest absolute Gasteiger partial charge is 0.392 e. The first-order valence-electron chi connectivity index (χ1n) is 5.94. The maximum atomic E-state index is 13.1. The van der Waals surface area contributed by atoms with E-state index in [1.807, 2.05) is 0 Å². The maximum Gasteiger partial charge on any atom is 0.244 e. The molecule has 0 bridgehead atoms. The summed E-state index contributed by atoms with van der Waals surface area (Å²) in [6, 6.07) is 1.29. The van der Waals surface area contributed by atoms with Gasteiger partial charge in [0.15, 0.2) is 17.5 Å². The fraction of sp³-hybridized carbons (Fsp3) is 0.333. The Morgan fingerprint density at radius 3 is 2.55 bits per heavy atom. The van der Waals surface area contributed by atoms with Gasteiger partial charge in [-0.2, -0.15) is 4.98 Å². The summed E-state index contributed by atoms with van der Waals surface area (Å²) in [4.78, 5) is 4.00. The van der Waals surface area contributed by atoms with Gasteiger partial charge in [-0.3, -0.25) is 0 Å². The van der Waals surface area contributed by atoms with Gasteiger partial charge in [0, 0.05) is 12.1 Å². The molecule has 106 valence electrons. The van der Waals surface area contributed by atoms with E-state index < -0.39 is 23.6 Å². The number of rotatable bonds is 2. The Morgan fingerprint density at radius 1 is 1.25 bits per heavy atom. The van der Waals surface area contributed by atoms with Crippen LogP contribution in [0.2, 0.25) is 0 Å². The van der Waals surface area contributed by atoms with Crippen LogP contribution >= 0.6 is 0 Å². The number of hydrogen-bond acceptors (Lipinski definition) is 5. The van der Waals surface area contributed by atoms with Crippen molar-refractivity contribution in [3.05, 3.63) is 35.5 Å². The summed E-state index contributed by atoms with van der Waals surface area (Å²) >= 11 is 0. The van der Waals surface area contributed by atoms with Gasteiger partial charge in [0.2, 0.25) is 11.7 Å². The van der Waals surface area contributed by atoms with Crippen molar-refractivity contribution in [2.24, 2.45) is 0 Å². The Morgan fingerprint density at radius 2 is 1.95 bits per heavy atom. The van der Waals surface area contributed by atoms with E-state index in [1.54, 1.807) is 0 Å². The van der Waals surface area contributed by atoms with Crippen LogP contribution in [0.4, 0.5) is 13.2 Å². The number of hydrogen-bond donors (Lipinski definition) is 2. The van der Waals surface area contributed by atoms with Gasteiger partial charge < -0.3 is 14.9 Å². The maximum absolute atomic E-state index is 13.1. The molecule has 20 heavy (non-hydrogen) atoms. The highest BCUT2D eigenvalue weighted by Gasteiger charge is 2.28. The minimum Gasteiger partial charge on any atom is -0.392 e. The summed E-state index contributed by atoms with van der Waals surface area (Å²) in [6.45, 7) is 0.405. The average Bonchev–Trinajstić information content (AvgIpc) is 3.03. The number of halogens is 3. The Kier molecular flexibility index (Phi) is 3.19. The summed E-state index contributed by atoms with van der Waals surface area (Å²) in [7, 11) is 0. The molecule has 1 aliphatic rings. The van der Waals surface area contributed by atoms with Crippen LogP contribution in [-0.4, -0.2) is 27.9 Å². The number of nitrogens with zero attached hydrogens (tertiary/aromatic N) is 2. The zero-order valence-corrected chi connectivity index (χ0v) is 10.1. The third-order valence-corrected chi connectivity index (χ3v) is 3.09. The van der Waals surface area contributed by atoms with E-state index in [-0.39, 0.29) is 23.3 Å². The van der Waals surface area contributed by atoms with Crippen molar-refractivity contribution >= 4 is 0 Å². The molecular formula is C12H10F3N3O2. The van der Waals surface area contributed by atoms with Gasteiger partial charge in [-0.15, -0.1) is 0 Å². The second-order valence-corrected chi connectivity index (χ2v) is 4.56. The molecule has 2 N–H and O–H groups in total. The molecule has 3 rings (SSSR count). The molecule has 8 heteroatoms. The van der Waals surface area contributed by atoms with Crippen molar-refractivity contribution in [3.8, 4) is 11.4 Å². The Hall–Kier alpha value is -1.93. The number of nitrogens with one attached hydrogen (secondary N) is 1. The van der Waals surface area contributed by atoms with Gasteiger partial charge in [0.25, 0.3) is 0 Å². The first-order chi connectivity index (χ1) is 9.54. The molecule has 0 amide bonds. The minimum atomic E-state index is -1.54. The first kappa shape index (κ1) is 13.1. The number of β-amino-alcohol motifs (C(OH)–C–C–N with tert-alkyl or cyclic N) is 1. The molecule has 2 heterocycles. The van der Waals surface area contributed by atoms with E-state index in [0.717, 1.165) is 12.1 Å². The smallest absolute Gasteiger partial charge is 0.244 e. The standard InChI is InChI=1S/C12H10F3N3O2/c13-7-1-5(2-8(14)10(7)15)11-17-12(20-18-11)9-3-6(19)4-16-9/h1-2,6,9,16,19H,3-4H2/t6?,9-/m0/s1. The molecule has 0 aliphatic carbocycles. The van der Waals surface area contributed by atoms with Crippen LogP contribution in [0.25, 0.3) is 11.4 Å². The Balaban J connectivity index is 1.90. The number of aliphatic hydroxyl groups is 1. The van der Waals surface area contributed by atoms with E-state index in [0.29, 0.717) is 13.0 Å². The molecule has 1 saturated heterocycles. The predicted molar refractivity (Wildman–Crippen MR) is 61.0 cm³/mol. The fourth-order valence-electron chi connectivity index (χ4n) is 2.08. The van der Waals surface area contributed by atoms with Crippen LogP contribution in [0, 0.1) is 17.5 Å². The molecule has 1 aromatic heterocycles. The van der Waals surface area contributed by atoms with Crippen molar-refractivity contribution in [1.82, 2.24) is 15.5 Å². The summed E-state index contributed by atoms with van der Waals surface area (Å²) in [5.74, 6) is -4.01. The van der Waals surface area contributed by atoms with Crippen molar-refractivity contribution in [3.63, 3.8) is 0 Å². The van der Waals surface area contributed by atoms with Crippen LogP contribution in [-0.2, 0) is 0 Å². The third kappa shape index (κ3) is 2.27. The highest BCUT2D eigenvalue weighted by Crippen LogP contribution is 2.26. The van der Waals surface area contributed by atoms with Crippen molar-refractivity contribution in [2.75, 3.05) is 6.54 Å². The fourth-order valence-corrected chi connectivity index (χ4v) is 2.08. The van der Waals surface area contributed by atoms with Crippen molar-refractivity contribution in [1.29, 1.82) is 0 Å². The molecule has 5 nitrogen and oxygen atoms in total. The minimum absolute atomic E-state index is 0.0186. The number of aromatic nitrogens is 2. The second-order valence-electron chi connectivity index (χ2n) is 4.56. The highest BCUT2D eigenvalue weighted by molar-refractivity contribution is 5.54. The van der Waals surface area contributed by atoms with Crippen LogP contribution in [0.3, 0.4) is 0 Å². The van der Waals surface area contributed by atoms with Crippen LogP contribution in [0.5, 0.6) is 0 Å². The summed E-state index contributed by atoms with van der Waals surface area (Å²) in [5, 5.41) is 16.0. The molecule has 0 saturated carbocycles. The predicted octanol–water partition coefficient (Wildman–Crippen LogP) is 1.55. The molecule has 1 unspecified atom stereocenters. The molecule has 2 atom stereocenters. The Labute approximate surface area is 111 Å². The van der Waals surface area contributed by atoms with Crippen LogP contribution in [0.1, 0.15) is 18.4 Å². The second kappa shape index (κ2) is 4.88. The molecule has 0 spiro atoms. The van der Waals surface area contributed by atoms with Gasteiger partial charge in [0.1, 0.15) is 0 Å². The average molecular weight is 285 g/mol. The van der Waals surface area contributed by atoms with Gasteiger partial charge in [-0.1, -0.05) is 5.16 Å². The summed E-state index contributed by atoms with van der Waals surface area (Å²) in [6.07, 6.45) is -0.0932. The Bertz CT molecular complexity index is 624. The molecule has 2 aromatic rings. The lowest BCUT2D eigenvalue weighted by atomic mass is 10.2. The van der Waals surface area contributed by atoms with Crippen molar-refractivity contribution in [2.45, 2.75) is 18.6 Å². The summed E-state index contributed by atoms with van der Waals surface area (Å²) < 4.78 is 44.1. The third-order valence-electron chi connectivity index (χ3n) is 3.09. The lowest BCUT2D eigenvalue weighted by Gasteiger charge is -2.01. The molecule has 1 fully saturated rings. The zero-order chi connectivity index (χ0) is 14.3. The quantitative estimate of drug-likeness (QED) is 0.819. The van der Waals surface area contributed by atoms with Crippen molar-refractivity contribution < 1.29 is 22.8 Å². The van der Waals surface area contributed by atoms with E-state index in [9.17, 15) is 18.3 Å². The van der Waals surface area contributed by atoms with Crippen LogP contribution < -0.4 is 5.32 Å². The van der Waals surface area contributed by atoms with Gasteiger partial charge in [-0.05, 0) is 18.6 Å². The lowest BCUT2D eigenvalue weighted by Crippen LogP contribution is -2.15. The summed E-state index contributed by atoms with van der Waals surface area (Å²) in [5.41, 5.74) is -0.0186.